The SMILES string of the molecule is CCCN1C(=O)C(=O)/C(=C(\O)c2cccc(Cl)c2)C1c1cccc(C)c1. The van der Waals surface area contributed by atoms with E-state index in [1.165, 1.54) is 4.90 Å². The lowest BCUT2D eigenvalue weighted by Gasteiger charge is -2.25. The van der Waals surface area contributed by atoms with E-state index in [1.54, 1.807) is 24.3 Å². The van der Waals surface area contributed by atoms with Crippen molar-refractivity contribution in [3.8, 4) is 0 Å². The van der Waals surface area contributed by atoms with Crippen molar-refractivity contribution < 1.29 is 14.7 Å². The van der Waals surface area contributed by atoms with E-state index in [1.807, 2.05) is 38.1 Å². The monoisotopic (exact) mass is 369 g/mol. The van der Waals surface area contributed by atoms with Crippen LogP contribution in [0.25, 0.3) is 5.76 Å². The maximum absolute atomic E-state index is 12.7. The van der Waals surface area contributed by atoms with Crippen LogP contribution in [-0.2, 0) is 9.59 Å². The molecule has 1 fully saturated rings. The number of aliphatic hydroxyl groups is 1. The molecule has 1 N–H and O–H groups in total. The highest BCUT2D eigenvalue weighted by Crippen LogP contribution is 2.39. The first-order valence-corrected chi connectivity index (χ1v) is 8.92. The van der Waals surface area contributed by atoms with Gasteiger partial charge in [0.1, 0.15) is 5.76 Å². The molecule has 3 rings (SSSR count). The number of aryl methyl sites for hydroxylation is 1. The molecular weight excluding hydrogens is 350 g/mol. The van der Waals surface area contributed by atoms with Crippen molar-refractivity contribution in [1.29, 1.82) is 0 Å². The minimum absolute atomic E-state index is 0.108. The number of halogens is 1. The molecule has 0 aromatic heterocycles. The molecule has 1 aliphatic rings. The second kappa shape index (κ2) is 7.34. The van der Waals surface area contributed by atoms with Gasteiger partial charge in [-0.25, -0.2) is 0 Å². The highest BCUT2D eigenvalue weighted by atomic mass is 35.5. The summed E-state index contributed by atoms with van der Waals surface area (Å²) in [6.45, 7) is 4.34. The third-order valence-corrected chi connectivity index (χ3v) is 4.70. The zero-order valence-corrected chi connectivity index (χ0v) is 15.5. The van der Waals surface area contributed by atoms with E-state index in [4.69, 9.17) is 11.6 Å². The van der Waals surface area contributed by atoms with Gasteiger partial charge in [0.25, 0.3) is 11.7 Å². The Morgan fingerprint density at radius 3 is 2.54 bits per heavy atom. The van der Waals surface area contributed by atoms with Gasteiger partial charge in [-0.2, -0.15) is 0 Å². The first-order valence-electron chi connectivity index (χ1n) is 8.55. The van der Waals surface area contributed by atoms with Gasteiger partial charge < -0.3 is 10.0 Å². The van der Waals surface area contributed by atoms with Gasteiger partial charge in [-0.3, -0.25) is 9.59 Å². The average molecular weight is 370 g/mol. The maximum atomic E-state index is 12.7. The fraction of sp³-hybridized carbons (Fsp3) is 0.238. The highest BCUT2D eigenvalue weighted by Gasteiger charge is 2.45. The van der Waals surface area contributed by atoms with E-state index in [0.29, 0.717) is 23.6 Å². The Morgan fingerprint density at radius 1 is 1.15 bits per heavy atom. The van der Waals surface area contributed by atoms with Gasteiger partial charge in [0.05, 0.1) is 11.6 Å². The molecule has 1 atom stereocenters. The number of nitrogens with zero attached hydrogens (tertiary/aromatic N) is 1. The van der Waals surface area contributed by atoms with Crippen molar-refractivity contribution >= 4 is 29.1 Å². The van der Waals surface area contributed by atoms with Crippen LogP contribution in [0.15, 0.2) is 54.1 Å². The van der Waals surface area contributed by atoms with Crippen LogP contribution in [-0.4, -0.2) is 28.2 Å². The van der Waals surface area contributed by atoms with Crippen molar-refractivity contribution in [2.24, 2.45) is 0 Å². The van der Waals surface area contributed by atoms with Crippen LogP contribution in [0.2, 0.25) is 5.02 Å². The molecule has 134 valence electrons. The van der Waals surface area contributed by atoms with Crippen molar-refractivity contribution in [3.05, 3.63) is 75.8 Å². The summed E-state index contributed by atoms with van der Waals surface area (Å²) in [5, 5.41) is 11.3. The third-order valence-electron chi connectivity index (χ3n) is 4.46. The lowest BCUT2D eigenvalue weighted by Crippen LogP contribution is -2.30. The molecule has 5 heteroatoms. The molecule has 0 spiro atoms. The summed E-state index contributed by atoms with van der Waals surface area (Å²) >= 11 is 6.02. The van der Waals surface area contributed by atoms with Crippen molar-refractivity contribution in [1.82, 2.24) is 4.90 Å². The number of likely N-dealkylation sites (tertiary alicyclic amines) is 1. The predicted octanol–water partition coefficient (Wildman–Crippen LogP) is 4.48. The Labute approximate surface area is 157 Å². The zero-order valence-electron chi connectivity index (χ0n) is 14.7. The number of ketones is 1. The number of hydrogen-bond donors (Lipinski definition) is 1. The summed E-state index contributed by atoms with van der Waals surface area (Å²) in [4.78, 5) is 26.8. The Bertz CT molecular complexity index is 904. The van der Waals surface area contributed by atoms with E-state index < -0.39 is 17.7 Å². The van der Waals surface area contributed by atoms with Gasteiger partial charge in [-0.05, 0) is 31.0 Å². The average Bonchev–Trinajstić information content (AvgIpc) is 2.86. The molecule has 0 bridgehead atoms. The molecule has 0 aliphatic carbocycles. The van der Waals surface area contributed by atoms with E-state index in [0.717, 1.165) is 11.1 Å². The molecule has 1 heterocycles. The largest absolute Gasteiger partial charge is 0.507 e. The summed E-state index contributed by atoms with van der Waals surface area (Å²) in [6.07, 6.45) is 0.715. The molecule has 2 aromatic carbocycles. The first kappa shape index (κ1) is 18.2. The Hall–Kier alpha value is -2.59. The summed E-state index contributed by atoms with van der Waals surface area (Å²) < 4.78 is 0. The number of amides is 1. The zero-order chi connectivity index (χ0) is 18.8. The summed E-state index contributed by atoms with van der Waals surface area (Å²) in [5.74, 6) is -1.44. The van der Waals surface area contributed by atoms with Crippen LogP contribution < -0.4 is 0 Å². The van der Waals surface area contributed by atoms with E-state index in [-0.39, 0.29) is 11.3 Å². The number of aliphatic hydroxyl groups excluding tert-OH is 1. The second-order valence-electron chi connectivity index (χ2n) is 6.42. The van der Waals surface area contributed by atoms with Gasteiger partial charge in [0.2, 0.25) is 0 Å². The summed E-state index contributed by atoms with van der Waals surface area (Å²) in [6, 6.07) is 13.7. The number of benzene rings is 2. The fourth-order valence-corrected chi connectivity index (χ4v) is 3.52. The predicted molar refractivity (Wildman–Crippen MR) is 102 cm³/mol. The van der Waals surface area contributed by atoms with E-state index in [2.05, 4.69) is 0 Å². The van der Waals surface area contributed by atoms with Crippen LogP contribution in [0.4, 0.5) is 0 Å². The van der Waals surface area contributed by atoms with Gasteiger partial charge >= 0.3 is 0 Å². The van der Waals surface area contributed by atoms with Crippen LogP contribution in [0.5, 0.6) is 0 Å². The van der Waals surface area contributed by atoms with Crippen LogP contribution in [0, 0.1) is 6.92 Å². The van der Waals surface area contributed by atoms with Gasteiger partial charge in [-0.1, -0.05) is 60.5 Å². The number of Topliss-reactive ketones (excluding diaryl/α,β-unsaturated/α-hetero) is 1. The van der Waals surface area contributed by atoms with Gasteiger partial charge in [0, 0.05) is 17.1 Å². The highest BCUT2D eigenvalue weighted by molar-refractivity contribution is 6.46. The third kappa shape index (κ3) is 3.25. The molecule has 2 aromatic rings. The van der Waals surface area contributed by atoms with Crippen molar-refractivity contribution in [2.75, 3.05) is 6.54 Å². The molecule has 0 radical (unpaired) electrons. The lowest BCUT2D eigenvalue weighted by molar-refractivity contribution is -0.139. The van der Waals surface area contributed by atoms with Crippen LogP contribution in [0.3, 0.4) is 0 Å². The maximum Gasteiger partial charge on any atom is 0.295 e. The topological polar surface area (TPSA) is 57.6 Å². The Kier molecular flexibility index (Phi) is 5.14. The smallest absolute Gasteiger partial charge is 0.295 e. The number of rotatable bonds is 4. The normalized spacial score (nSPS) is 19.2. The fourth-order valence-electron chi connectivity index (χ4n) is 3.33. The number of carbonyl (C=O) groups excluding carboxylic acids is 2. The minimum Gasteiger partial charge on any atom is -0.507 e. The molecule has 0 saturated carbocycles. The molecule has 1 unspecified atom stereocenters. The molecule has 1 aliphatic heterocycles. The van der Waals surface area contributed by atoms with Crippen LogP contribution in [0.1, 0.15) is 36.1 Å². The molecule has 26 heavy (non-hydrogen) atoms. The minimum atomic E-state index is -0.664. The molecule has 1 amide bonds. The van der Waals surface area contributed by atoms with Gasteiger partial charge in [0.15, 0.2) is 0 Å². The van der Waals surface area contributed by atoms with E-state index in [9.17, 15) is 14.7 Å². The summed E-state index contributed by atoms with van der Waals surface area (Å²) in [7, 11) is 0. The standard InChI is InChI=1S/C21H20ClNO3/c1-3-10-23-18(14-7-4-6-13(2)11-14)17(20(25)21(23)26)19(24)15-8-5-9-16(22)12-15/h4-9,11-12,18,24H,3,10H2,1-2H3/b19-17-. The Balaban J connectivity index is 2.21. The van der Waals surface area contributed by atoms with Gasteiger partial charge in [-0.15, -0.1) is 0 Å². The first-order chi connectivity index (χ1) is 12.4. The van der Waals surface area contributed by atoms with E-state index >= 15 is 0 Å². The number of carbonyl (C=O) groups is 2. The molecular formula is C21H20ClNO3. The molecule has 1 saturated heterocycles. The quantitative estimate of drug-likeness (QED) is 0.491. The number of hydrogen-bond acceptors (Lipinski definition) is 3. The second-order valence-corrected chi connectivity index (χ2v) is 6.85. The summed E-state index contributed by atoms with van der Waals surface area (Å²) in [5.41, 5.74) is 2.36. The van der Waals surface area contributed by atoms with Crippen LogP contribution >= 0.6 is 11.6 Å². The Morgan fingerprint density at radius 2 is 1.88 bits per heavy atom. The van der Waals surface area contributed by atoms with Crippen molar-refractivity contribution in [2.45, 2.75) is 26.3 Å². The van der Waals surface area contributed by atoms with Crippen molar-refractivity contribution in [3.63, 3.8) is 0 Å². The molecule has 4 nitrogen and oxygen atoms in total. The lowest BCUT2D eigenvalue weighted by atomic mass is 9.94.